The summed E-state index contributed by atoms with van der Waals surface area (Å²) in [5.74, 6) is -0.112. The number of carbonyl (C=O) groups is 1. The van der Waals surface area contributed by atoms with Gasteiger partial charge in [-0.1, -0.05) is 17.3 Å². The molecule has 3 aromatic rings. The van der Waals surface area contributed by atoms with Crippen molar-refractivity contribution in [1.29, 1.82) is 0 Å². The predicted octanol–water partition coefficient (Wildman–Crippen LogP) is 1.77. The van der Waals surface area contributed by atoms with Crippen LogP contribution in [0.2, 0.25) is 0 Å². The molecule has 0 aliphatic heterocycles. The first-order chi connectivity index (χ1) is 11.1. The minimum atomic E-state index is -0.112. The van der Waals surface area contributed by atoms with Gasteiger partial charge in [0.1, 0.15) is 5.52 Å². The third-order valence-electron chi connectivity index (χ3n) is 3.76. The standard InChI is InChI=1S/C16H20N6O/c1-4-21-10-13(12(3)19-21)16(23)17-11(2)9-22-15-8-6-5-7-14(15)18-20-22/h5-8,10-11H,4,9H2,1-3H3,(H,17,23)/t11-/m0/s1. The Hall–Kier alpha value is -2.70. The Morgan fingerprint density at radius 1 is 1.35 bits per heavy atom. The quantitative estimate of drug-likeness (QED) is 0.779. The van der Waals surface area contributed by atoms with Crippen LogP contribution >= 0.6 is 0 Å². The smallest absolute Gasteiger partial charge is 0.255 e. The number of aromatic nitrogens is 5. The van der Waals surface area contributed by atoms with E-state index in [9.17, 15) is 4.79 Å². The maximum Gasteiger partial charge on any atom is 0.255 e. The van der Waals surface area contributed by atoms with Gasteiger partial charge < -0.3 is 5.32 Å². The molecule has 7 heteroatoms. The first kappa shape index (κ1) is 15.2. The number of hydrogen-bond acceptors (Lipinski definition) is 4. The van der Waals surface area contributed by atoms with Crippen LogP contribution in [0.25, 0.3) is 11.0 Å². The van der Waals surface area contributed by atoms with E-state index in [1.54, 1.807) is 10.9 Å². The molecule has 2 heterocycles. The van der Waals surface area contributed by atoms with Gasteiger partial charge in [-0.25, -0.2) is 4.68 Å². The molecule has 1 atom stereocenters. The van der Waals surface area contributed by atoms with Gasteiger partial charge in [0.15, 0.2) is 0 Å². The van der Waals surface area contributed by atoms with Gasteiger partial charge in [0.2, 0.25) is 0 Å². The number of carbonyl (C=O) groups excluding carboxylic acids is 1. The van der Waals surface area contributed by atoms with Crippen molar-refractivity contribution >= 4 is 16.9 Å². The van der Waals surface area contributed by atoms with E-state index in [0.29, 0.717) is 12.1 Å². The molecule has 0 spiro atoms. The summed E-state index contributed by atoms with van der Waals surface area (Å²) in [5, 5.41) is 15.6. The van der Waals surface area contributed by atoms with E-state index in [1.165, 1.54) is 0 Å². The lowest BCUT2D eigenvalue weighted by atomic mass is 10.2. The average molecular weight is 312 g/mol. The minimum Gasteiger partial charge on any atom is -0.348 e. The fourth-order valence-corrected chi connectivity index (χ4v) is 2.56. The second-order valence-corrected chi connectivity index (χ2v) is 5.62. The lowest BCUT2D eigenvalue weighted by Crippen LogP contribution is -2.36. The molecule has 0 saturated carbocycles. The summed E-state index contributed by atoms with van der Waals surface area (Å²) in [4.78, 5) is 12.4. The summed E-state index contributed by atoms with van der Waals surface area (Å²) in [6.07, 6.45) is 1.78. The molecule has 0 aliphatic carbocycles. The molecular formula is C16H20N6O. The number of aryl methyl sites for hydroxylation is 2. The minimum absolute atomic E-state index is 0.0722. The highest BCUT2D eigenvalue weighted by molar-refractivity contribution is 5.95. The van der Waals surface area contributed by atoms with E-state index >= 15 is 0 Å². The molecule has 0 radical (unpaired) electrons. The molecule has 1 aromatic carbocycles. The lowest BCUT2D eigenvalue weighted by molar-refractivity contribution is 0.0935. The van der Waals surface area contributed by atoms with Crippen LogP contribution in [0, 0.1) is 6.92 Å². The number of amides is 1. The van der Waals surface area contributed by atoms with Crippen molar-refractivity contribution in [2.75, 3.05) is 0 Å². The van der Waals surface area contributed by atoms with Gasteiger partial charge in [-0.05, 0) is 32.9 Å². The Bertz CT molecular complexity index is 834. The van der Waals surface area contributed by atoms with Crippen molar-refractivity contribution in [1.82, 2.24) is 30.1 Å². The summed E-state index contributed by atoms with van der Waals surface area (Å²) in [5.41, 5.74) is 3.17. The molecule has 0 aliphatic rings. The molecule has 0 bridgehead atoms. The van der Waals surface area contributed by atoms with Gasteiger partial charge in [0.05, 0.1) is 23.3 Å². The van der Waals surface area contributed by atoms with E-state index in [0.717, 1.165) is 23.3 Å². The molecular weight excluding hydrogens is 292 g/mol. The zero-order chi connectivity index (χ0) is 16.4. The van der Waals surface area contributed by atoms with Crippen LogP contribution in [-0.2, 0) is 13.1 Å². The van der Waals surface area contributed by atoms with Crippen LogP contribution in [-0.4, -0.2) is 36.7 Å². The third kappa shape index (κ3) is 3.08. The van der Waals surface area contributed by atoms with Crippen LogP contribution in [0.1, 0.15) is 29.9 Å². The Balaban J connectivity index is 1.70. The van der Waals surface area contributed by atoms with Gasteiger partial charge in [0.25, 0.3) is 5.91 Å². The zero-order valence-electron chi connectivity index (χ0n) is 13.5. The summed E-state index contributed by atoms with van der Waals surface area (Å²) >= 11 is 0. The van der Waals surface area contributed by atoms with Crippen molar-refractivity contribution in [2.24, 2.45) is 0 Å². The topological polar surface area (TPSA) is 77.6 Å². The van der Waals surface area contributed by atoms with Crippen LogP contribution in [0.3, 0.4) is 0 Å². The Morgan fingerprint density at radius 3 is 2.87 bits per heavy atom. The monoisotopic (exact) mass is 312 g/mol. The highest BCUT2D eigenvalue weighted by Crippen LogP contribution is 2.11. The molecule has 0 unspecified atom stereocenters. The molecule has 120 valence electrons. The first-order valence-electron chi connectivity index (χ1n) is 7.71. The largest absolute Gasteiger partial charge is 0.348 e. The fourth-order valence-electron chi connectivity index (χ4n) is 2.56. The second-order valence-electron chi connectivity index (χ2n) is 5.62. The van der Waals surface area contributed by atoms with Crippen LogP contribution < -0.4 is 5.32 Å². The van der Waals surface area contributed by atoms with Crippen molar-refractivity contribution in [3.63, 3.8) is 0 Å². The maximum atomic E-state index is 12.4. The van der Waals surface area contributed by atoms with Gasteiger partial charge in [-0.3, -0.25) is 9.48 Å². The Morgan fingerprint density at radius 2 is 2.13 bits per heavy atom. The second kappa shape index (κ2) is 6.20. The molecule has 0 fully saturated rings. The molecule has 2 aromatic heterocycles. The SMILES string of the molecule is CCn1cc(C(=O)N[C@@H](C)Cn2nnc3ccccc32)c(C)n1. The highest BCUT2D eigenvalue weighted by Gasteiger charge is 2.16. The zero-order valence-corrected chi connectivity index (χ0v) is 13.5. The number of nitrogens with zero attached hydrogens (tertiary/aromatic N) is 5. The summed E-state index contributed by atoms with van der Waals surface area (Å²) < 4.78 is 3.57. The molecule has 3 rings (SSSR count). The van der Waals surface area contributed by atoms with E-state index in [1.807, 2.05) is 49.7 Å². The van der Waals surface area contributed by atoms with Crippen molar-refractivity contribution in [2.45, 2.75) is 39.9 Å². The van der Waals surface area contributed by atoms with E-state index < -0.39 is 0 Å². The summed E-state index contributed by atoms with van der Waals surface area (Å²) in [6, 6.07) is 7.70. The first-order valence-corrected chi connectivity index (χ1v) is 7.71. The molecule has 1 N–H and O–H groups in total. The van der Waals surface area contributed by atoms with Crippen LogP contribution in [0.5, 0.6) is 0 Å². The van der Waals surface area contributed by atoms with Crippen LogP contribution in [0.15, 0.2) is 30.5 Å². The lowest BCUT2D eigenvalue weighted by Gasteiger charge is -2.13. The average Bonchev–Trinajstić information content (AvgIpc) is 3.11. The summed E-state index contributed by atoms with van der Waals surface area (Å²) in [6.45, 7) is 7.10. The third-order valence-corrected chi connectivity index (χ3v) is 3.76. The van der Waals surface area contributed by atoms with Gasteiger partial charge in [-0.2, -0.15) is 5.10 Å². The number of hydrogen-bond donors (Lipinski definition) is 1. The van der Waals surface area contributed by atoms with Crippen molar-refractivity contribution < 1.29 is 4.79 Å². The van der Waals surface area contributed by atoms with Gasteiger partial charge >= 0.3 is 0 Å². The number of benzene rings is 1. The van der Waals surface area contributed by atoms with Crippen molar-refractivity contribution in [3.05, 3.63) is 41.7 Å². The molecule has 0 saturated heterocycles. The molecule has 1 amide bonds. The van der Waals surface area contributed by atoms with E-state index in [2.05, 4.69) is 20.7 Å². The number of para-hydroxylation sites is 1. The van der Waals surface area contributed by atoms with Gasteiger partial charge in [0, 0.05) is 18.8 Å². The number of rotatable bonds is 5. The maximum absolute atomic E-state index is 12.4. The highest BCUT2D eigenvalue weighted by atomic mass is 16.1. The van der Waals surface area contributed by atoms with Crippen molar-refractivity contribution in [3.8, 4) is 0 Å². The predicted molar refractivity (Wildman–Crippen MR) is 87.1 cm³/mol. The van der Waals surface area contributed by atoms with Crippen LogP contribution in [0.4, 0.5) is 0 Å². The normalized spacial score (nSPS) is 12.5. The number of fused-ring (bicyclic) bond motifs is 1. The van der Waals surface area contributed by atoms with E-state index in [4.69, 9.17) is 0 Å². The Kier molecular flexibility index (Phi) is 4.10. The van der Waals surface area contributed by atoms with Gasteiger partial charge in [-0.15, -0.1) is 5.10 Å². The molecule has 23 heavy (non-hydrogen) atoms. The Labute approximate surface area is 134 Å². The summed E-state index contributed by atoms with van der Waals surface area (Å²) in [7, 11) is 0. The number of nitrogens with one attached hydrogen (secondary N) is 1. The fraction of sp³-hybridized carbons (Fsp3) is 0.375. The van der Waals surface area contributed by atoms with E-state index in [-0.39, 0.29) is 11.9 Å². The molecule has 7 nitrogen and oxygen atoms in total.